The Hall–Kier alpha value is -2.83. The molecule has 0 unspecified atom stereocenters. The molecule has 0 bridgehead atoms. The van der Waals surface area contributed by atoms with Gasteiger partial charge in [0.05, 0.1) is 24.3 Å². The first-order chi connectivity index (χ1) is 12.1. The van der Waals surface area contributed by atoms with Crippen molar-refractivity contribution in [3.05, 3.63) is 57.7 Å². The Morgan fingerprint density at radius 2 is 1.60 bits per heavy atom. The third kappa shape index (κ3) is 2.97. The smallest absolute Gasteiger partial charge is 0.197 e. The van der Waals surface area contributed by atoms with E-state index in [9.17, 15) is 15.0 Å². The average Bonchev–Trinajstić information content (AvgIpc) is 2.62. The zero-order valence-corrected chi connectivity index (χ0v) is 13.9. The molecule has 3 rings (SSSR count). The zero-order chi connectivity index (χ0) is 18.0. The van der Waals surface area contributed by atoms with E-state index < -0.39 is 5.43 Å². The SMILES string of the molecule is COCc1c(O)c(COC)c2oc(-c3ccccc3)cc(=O)c2c1O. The van der Waals surface area contributed by atoms with Gasteiger partial charge >= 0.3 is 0 Å². The molecule has 1 aromatic heterocycles. The third-order valence-corrected chi connectivity index (χ3v) is 3.95. The highest BCUT2D eigenvalue weighted by Gasteiger charge is 2.23. The Bertz CT molecular complexity index is 959. The van der Waals surface area contributed by atoms with Crippen molar-refractivity contribution in [1.82, 2.24) is 0 Å². The molecule has 0 radical (unpaired) electrons. The molecule has 0 saturated carbocycles. The number of rotatable bonds is 5. The fourth-order valence-electron chi connectivity index (χ4n) is 2.79. The highest BCUT2D eigenvalue weighted by molar-refractivity contribution is 5.91. The lowest BCUT2D eigenvalue weighted by atomic mass is 10.0. The summed E-state index contributed by atoms with van der Waals surface area (Å²) in [6.45, 7) is -0.0370. The third-order valence-electron chi connectivity index (χ3n) is 3.95. The van der Waals surface area contributed by atoms with Crippen molar-refractivity contribution in [2.45, 2.75) is 13.2 Å². The van der Waals surface area contributed by atoms with Gasteiger partial charge in [0, 0.05) is 25.8 Å². The Balaban J connectivity index is 2.38. The van der Waals surface area contributed by atoms with Gasteiger partial charge in [0.1, 0.15) is 22.6 Å². The molecule has 0 spiro atoms. The maximum absolute atomic E-state index is 12.6. The summed E-state index contributed by atoms with van der Waals surface area (Å²) in [5.41, 5.74) is 0.819. The molecule has 1 heterocycles. The number of ether oxygens (including phenoxy) is 2. The van der Waals surface area contributed by atoms with Gasteiger partial charge in [0.25, 0.3) is 0 Å². The normalized spacial score (nSPS) is 11.1. The topological polar surface area (TPSA) is 89.1 Å². The number of benzene rings is 2. The first-order valence-electron chi connectivity index (χ1n) is 7.65. The fourth-order valence-corrected chi connectivity index (χ4v) is 2.79. The van der Waals surface area contributed by atoms with Gasteiger partial charge in [-0.2, -0.15) is 0 Å². The number of phenols is 2. The number of aromatic hydroxyl groups is 2. The number of fused-ring (bicyclic) bond motifs is 1. The van der Waals surface area contributed by atoms with Crippen LogP contribution in [-0.4, -0.2) is 24.4 Å². The van der Waals surface area contributed by atoms with Crippen molar-refractivity contribution in [1.29, 1.82) is 0 Å². The molecule has 0 aliphatic heterocycles. The second kappa shape index (κ2) is 6.96. The quantitative estimate of drug-likeness (QED) is 0.740. The molecule has 6 heteroatoms. The van der Waals surface area contributed by atoms with Crippen molar-refractivity contribution in [2.75, 3.05) is 14.2 Å². The maximum Gasteiger partial charge on any atom is 0.197 e. The summed E-state index contributed by atoms with van der Waals surface area (Å²) in [6.07, 6.45) is 0. The van der Waals surface area contributed by atoms with Gasteiger partial charge in [-0.3, -0.25) is 4.79 Å². The molecule has 0 fully saturated rings. The molecular formula is C19H18O6. The number of hydrogen-bond acceptors (Lipinski definition) is 6. The standard InChI is InChI=1S/C19H18O6/c1-23-9-12-17(21)13(10-24-2)19-16(18(12)22)14(20)8-15(25-19)11-6-4-3-5-7-11/h3-8,21-22H,9-10H2,1-2H3. The maximum atomic E-state index is 12.6. The highest BCUT2D eigenvalue weighted by Crippen LogP contribution is 2.40. The predicted octanol–water partition coefficient (Wildman–Crippen LogP) is 3.16. The summed E-state index contributed by atoms with van der Waals surface area (Å²) >= 11 is 0. The molecular weight excluding hydrogens is 324 g/mol. The fraction of sp³-hybridized carbons (Fsp3) is 0.211. The lowest BCUT2D eigenvalue weighted by molar-refractivity contribution is 0.172. The highest BCUT2D eigenvalue weighted by atomic mass is 16.5. The molecule has 0 atom stereocenters. The summed E-state index contributed by atoms with van der Waals surface area (Å²) in [5, 5.41) is 21.0. The van der Waals surface area contributed by atoms with E-state index in [1.54, 1.807) is 12.1 Å². The van der Waals surface area contributed by atoms with Gasteiger partial charge < -0.3 is 24.1 Å². The van der Waals surface area contributed by atoms with Crippen LogP contribution < -0.4 is 5.43 Å². The van der Waals surface area contributed by atoms with Gasteiger partial charge in [-0.25, -0.2) is 0 Å². The summed E-state index contributed by atoms with van der Waals surface area (Å²) in [7, 11) is 2.90. The molecule has 0 saturated heterocycles. The van der Waals surface area contributed by atoms with Gasteiger partial charge in [-0.15, -0.1) is 0 Å². The minimum Gasteiger partial charge on any atom is -0.507 e. The average molecular weight is 342 g/mol. The Labute approximate surface area is 143 Å². The summed E-state index contributed by atoms with van der Waals surface area (Å²) in [4.78, 5) is 12.6. The van der Waals surface area contributed by atoms with Crippen molar-refractivity contribution >= 4 is 11.0 Å². The molecule has 2 N–H and O–H groups in total. The second-order valence-electron chi connectivity index (χ2n) is 5.57. The van der Waals surface area contributed by atoms with Crippen molar-refractivity contribution in [3.8, 4) is 22.8 Å². The lowest BCUT2D eigenvalue weighted by Crippen LogP contribution is -2.06. The second-order valence-corrected chi connectivity index (χ2v) is 5.57. The van der Waals surface area contributed by atoms with Crippen LogP contribution in [0.4, 0.5) is 0 Å². The van der Waals surface area contributed by atoms with Crippen LogP contribution in [-0.2, 0) is 22.7 Å². The van der Waals surface area contributed by atoms with Crippen molar-refractivity contribution in [2.24, 2.45) is 0 Å². The van der Waals surface area contributed by atoms with E-state index in [-0.39, 0.29) is 46.8 Å². The van der Waals surface area contributed by atoms with Crippen LogP contribution in [0.15, 0.2) is 45.6 Å². The molecule has 3 aromatic rings. The lowest BCUT2D eigenvalue weighted by Gasteiger charge is -2.15. The summed E-state index contributed by atoms with van der Waals surface area (Å²) in [5.74, 6) is -0.210. The number of methoxy groups -OCH3 is 2. The van der Waals surface area contributed by atoms with E-state index in [0.29, 0.717) is 11.3 Å². The molecule has 0 aliphatic carbocycles. The molecule has 2 aromatic carbocycles. The van der Waals surface area contributed by atoms with Crippen LogP contribution in [0, 0.1) is 0 Å². The number of phenolic OH excluding ortho intramolecular Hbond substituents is 2. The monoisotopic (exact) mass is 342 g/mol. The van der Waals surface area contributed by atoms with Gasteiger partial charge in [-0.1, -0.05) is 30.3 Å². The molecule has 25 heavy (non-hydrogen) atoms. The van der Waals surface area contributed by atoms with Crippen LogP contribution in [0.5, 0.6) is 11.5 Å². The molecule has 6 nitrogen and oxygen atoms in total. The van der Waals surface area contributed by atoms with Crippen LogP contribution >= 0.6 is 0 Å². The predicted molar refractivity (Wildman–Crippen MR) is 92.7 cm³/mol. The first-order valence-corrected chi connectivity index (χ1v) is 7.65. The van der Waals surface area contributed by atoms with Crippen LogP contribution in [0.25, 0.3) is 22.3 Å². The van der Waals surface area contributed by atoms with Gasteiger partial charge in [-0.05, 0) is 0 Å². The Morgan fingerprint density at radius 3 is 2.24 bits per heavy atom. The van der Waals surface area contributed by atoms with E-state index >= 15 is 0 Å². The summed E-state index contributed by atoms with van der Waals surface area (Å²) in [6, 6.07) is 10.4. The molecule has 0 amide bonds. The Morgan fingerprint density at radius 1 is 0.960 bits per heavy atom. The first kappa shape index (κ1) is 17.0. The number of hydrogen-bond donors (Lipinski definition) is 2. The largest absolute Gasteiger partial charge is 0.507 e. The van der Waals surface area contributed by atoms with E-state index in [1.807, 2.05) is 18.2 Å². The van der Waals surface area contributed by atoms with Gasteiger partial charge in [0.2, 0.25) is 0 Å². The Kier molecular flexibility index (Phi) is 4.74. The van der Waals surface area contributed by atoms with Crippen LogP contribution in [0.3, 0.4) is 0 Å². The van der Waals surface area contributed by atoms with E-state index in [0.717, 1.165) is 0 Å². The van der Waals surface area contributed by atoms with E-state index in [1.165, 1.54) is 20.3 Å². The van der Waals surface area contributed by atoms with Crippen LogP contribution in [0.2, 0.25) is 0 Å². The molecule has 130 valence electrons. The minimum atomic E-state index is -0.410. The van der Waals surface area contributed by atoms with Gasteiger partial charge in [0.15, 0.2) is 11.0 Å². The summed E-state index contributed by atoms with van der Waals surface area (Å²) < 4.78 is 16.0. The minimum absolute atomic E-state index is 0.00317. The van der Waals surface area contributed by atoms with E-state index in [2.05, 4.69) is 0 Å². The van der Waals surface area contributed by atoms with Crippen LogP contribution in [0.1, 0.15) is 11.1 Å². The molecule has 0 aliphatic rings. The van der Waals surface area contributed by atoms with Crippen molar-refractivity contribution < 1.29 is 24.1 Å². The zero-order valence-electron chi connectivity index (χ0n) is 13.9. The van der Waals surface area contributed by atoms with Crippen molar-refractivity contribution in [3.63, 3.8) is 0 Å². The van der Waals surface area contributed by atoms with E-state index in [4.69, 9.17) is 13.9 Å².